The Labute approximate surface area is 222 Å². The number of fused-ring (bicyclic) bond motifs is 1. The van der Waals surface area contributed by atoms with Gasteiger partial charge >= 0.3 is 6.03 Å². The zero-order valence-electron chi connectivity index (χ0n) is 22.7. The quantitative estimate of drug-likeness (QED) is 0.534. The molecule has 8 nitrogen and oxygen atoms in total. The Morgan fingerprint density at radius 2 is 2.00 bits per heavy atom. The van der Waals surface area contributed by atoms with E-state index >= 15 is 0 Å². The van der Waals surface area contributed by atoms with E-state index in [1.807, 2.05) is 24.8 Å². The van der Waals surface area contributed by atoms with Gasteiger partial charge in [-0.3, -0.25) is 9.59 Å². The summed E-state index contributed by atoms with van der Waals surface area (Å²) in [6.45, 7) is 7.80. The van der Waals surface area contributed by atoms with Gasteiger partial charge in [-0.05, 0) is 37.0 Å². The number of hydrogen-bond acceptors (Lipinski definition) is 4. The normalized spacial score (nSPS) is 28.0. The molecule has 37 heavy (non-hydrogen) atoms. The monoisotopic (exact) mass is 509 g/mol. The minimum atomic E-state index is -0.575. The highest BCUT2D eigenvalue weighted by molar-refractivity contribution is 5.91. The van der Waals surface area contributed by atoms with Crippen LogP contribution in [-0.2, 0) is 9.59 Å². The third-order valence-electron chi connectivity index (χ3n) is 8.45. The van der Waals surface area contributed by atoms with Gasteiger partial charge in [0.15, 0.2) is 0 Å². The SMILES string of the molecule is C#CCN1CC(=O)N2[C@@H](C(C)CC)C(=O)N(CC3CCCCC3)C[C@@H]2N1C(=O)NCC1=CC=CC(C)C1. The molecule has 2 saturated heterocycles. The fraction of sp³-hybridized carbons (Fsp3) is 0.690. The summed E-state index contributed by atoms with van der Waals surface area (Å²) in [5.41, 5.74) is 1.16. The number of terminal acetylenes is 1. The van der Waals surface area contributed by atoms with E-state index in [2.05, 4.69) is 30.3 Å². The molecule has 0 spiro atoms. The number of carbonyl (C=O) groups is 3. The number of hydrogen-bond donors (Lipinski definition) is 1. The molecule has 4 atom stereocenters. The largest absolute Gasteiger partial charge is 0.337 e. The smallest absolute Gasteiger partial charge is 0.334 e. The van der Waals surface area contributed by atoms with Gasteiger partial charge < -0.3 is 15.1 Å². The molecular weight excluding hydrogens is 466 g/mol. The fourth-order valence-electron chi connectivity index (χ4n) is 6.31. The molecule has 8 heteroatoms. The molecule has 1 N–H and O–H groups in total. The van der Waals surface area contributed by atoms with E-state index in [4.69, 9.17) is 6.42 Å². The predicted octanol–water partition coefficient (Wildman–Crippen LogP) is 3.38. The van der Waals surface area contributed by atoms with Gasteiger partial charge in [-0.1, -0.05) is 76.2 Å². The molecule has 2 heterocycles. The van der Waals surface area contributed by atoms with Crippen LogP contribution in [0.25, 0.3) is 0 Å². The Kier molecular flexibility index (Phi) is 8.96. The molecule has 2 unspecified atom stereocenters. The van der Waals surface area contributed by atoms with Crippen LogP contribution in [0.3, 0.4) is 0 Å². The predicted molar refractivity (Wildman–Crippen MR) is 144 cm³/mol. The molecule has 2 aliphatic heterocycles. The van der Waals surface area contributed by atoms with Crippen LogP contribution in [0.5, 0.6) is 0 Å². The fourth-order valence-corrected chi connectivity index (χ4v) is 6.31. The van der Waals surface area contributed by atoms with Crippen molar-refractivity contribution in [1.82, 2.24) is 25.1 Å². The summed E-state index contributed by atoms with van der Waals surface area (Å²) in [6.07, 6.45) is 18.9. The van der Waals surface area contributed by atoms with Crippen molar-refractivity contribution in [3.8, 4) is 12.3 Å². The van der Waals surface area contributed by atoms with E-state index in [0.29, 0.717) is 31.5 Å². The highest BCUT2D eigenvalue weighted by Gasteiger charge is 2.52. The molecule has 0 aromatic heterocycles. The van der Waals surface area contributed by atoms with Crippen LogP contribution in [0.1, 0.15) is 65.7 Å². The lowest BCUT2D eigenvalue weighted by Crippen LogP contribution is -2.77. The maximum absolute atomic E-state index is 13.8. The molecule has 4 amide bonds. The Bertz CT molecular complexity index is 963. The summed E-state index contributed by atoms with van der Waals surface area (Å²) in [5.74, 6) is 3.38. The lowest BCUT2D eigenvalue weighted by Gasteiger charge is -2.56. The number of nitrogens with zero attached hydrogens (tertiary/aromatic N) is 4. The molecule has 0 bridgehead atoms. The van der Waals surface area contributed by atoms with Gasteiger partial charge in [0, 0.05) is 13.1 Å². The van der Waals surface area contributed by atoms with Crippen LogP contribution in [0.4, 0.5) is 4.79 Å². The zero-order chi connectivity index (χ0) is 26.5. The number of hydrazine groups is 1. The summed E-state index contributed by atoms with van der Waals surface area (Å²) < 4.78 is 0. The van der Waals surface area contributed by atoms with E-state index in [1.165, 1.54) is 19.3 Å². The number of amides is 4. The summed E-state index contributed by atoms with van der Waals surface area (Å²) in [4.78, 5) is 44.6. The highest BCUT2D eigenvalue weighted by atomic mass is 16.2. The van der Waals surface area contributed by atoms with Gasteiger partial charge in [-0.2, -0.15) is 5.01 Å². The van der Waals surface area contributed by atoms with Crippen molar-refractivity contribution >= 4 is 17.8 Å². The van der Waals surface area contributed by atoms with Crippen LogP contribution in [0.2, 0.25) is 0 Å². The molecule has 2 aliphatic carbocycles. The standard InChI is InChI=1S/C29H43N5O3/c1-5-15-32-20-26(35)33-25(34(32)29(37)30-17-24-14-10-11-21(3)16-24)19-31(18-23-12-8-7-9-13-23)28(36)27(33)22(4)6-2/h1,10-11,14,21-23,25,27H,6-9,12-13,15-20H2,2-4H3,(H,30,37)/t21?,22?,25-,27-/m0/s1. The molecule has 3 fully saturated rings. The molecule has 0 radical (unpaired) electrons. The number of urea groups is 1. The molecule has 4 aliphatic rings. The van der Waals surface area contributed by atoms with E-state index < -0.39 is 12.2 Å². The van der Waals surface area contributed by atoms with Crippen molar-refractivity contribution < 1.29 is 14.4 Å². The Morgan fingerprint density at radius 3 is 2.68 bits per heavy atom. The number of carbonyl (C=O) groups excluding carboxylic acids is 3. The maximum atomic E-state index is 13.8. The van der Waals surface area contributed by atoms with Crippen LogP contribution < -0.4 is 5.32 Å². The van der Waals surface area contributed by atoms with Gasteiger partial charge in [-0.25, -0.2) is 9.80 Å². The van der Waals surface area contributed by atoms with Gasteiger partial charge in [0.25, 0.3) is 0 Å². The molecule has 1 saturated carbocycles. The van der Waals surface area contributed by atoms with Gasteiger partial charge in [0.05, 0.1) is 19.6 Å². The minimum Gasteiger partial charge on any atom is -0.337 e. The van der Waals surface area contributed by atoms with Crippen LogP contribution in [0, 0.1) is 30.1 Å². The summed E-state index contributed by atoms with van der Waals surface area (Å²) in [7, 11) is 0. The number of piperazine rings is 1. The van der Waals surface area contributed by atoms with Crippen molar-refractivity contribution in [2.45, 2.75) is 77.9 Å². The topological polar surface area (TPSA) is 76.2 Å². The van der Waals surface area contributed by atoms with Crippen molar-refractivity contribution in [1.29, 1.82) is 0 Å². The van der Waals surface area contributed by atoms with Crippen molar-refractivity contribution in [3.05, 3.63) is 23.8 Å². The number of nitrogens with one attached hydrogen (secondary N) is 1. The Morgan fingerprint density at radius 1 is 1.24 bits per heavy atom. The molecule has 202 valence electrons. The first kappa shape index (κ1) is 27.3. The van der Waals surface area contributed by atoms with Crippen molar-refractivity contribution in [2.24, 2.45) is 17.8 Å². The lowest BCUT2D eigenvalue weighted by molar-refractivity contribution is -0.192. The maximum Gasteiger partial charge on any atom is 0.334 e. The van der Waals surface area contributed by atoms with Gasteiger partial charge in [-0.15, -0.1) is 6.42 Å². The summed E-state index contributed by atoms with van der Waals surface area (Å²) in [6, 6.07) is -0.856. The van der Waals surface area contributed by atoms with Crippen molar-refractivity contribution in [3.63, 3.8) is 0 Å². The first-order valence-electron chi connectivity index (χ1n) is 14.1. The minimum absolute atomic E-state index is 0.0145. The Hall–Kier alpha value is -2.79. The molecule has 0 aromatic carbocycles. The average molecular weight is 510 g/mol. The van der Waals surface area contributed by atoms with Gasteiger partial charge in [0.1, 0.15) is 12.2 Å². The van der Waals surface area contributed by atoms with Crippen LogP contribution in [0.15, 0.2) is 23.8 Å². The third-order valence-corrected chi connectivity index (χ3v) is 8.45. The van der Waals surface area contributed by atoms with E-state index in [9.17, 15) is 14.4 Å². The number of allylic oxidation sites excluding steroid dienone is 3. The average Bonchev–Trinajstić information content (AvgIpc) is 2.89. The van der Waals surface area contributed by atoms with E-state index in [1.54, 1.807) is 14.9 Å². The van der Waals surface area contributed by atoms with E-state index in [-0.39, 0.29) is 36.9 Å². The van der Waals surface area contributed by atoms with Crippen LogP contribution in [-0.4, -0.2) is 82.6 Å². The highest BCUT2D eigenvalue weighted by Crippen LogP contribution is 2.33. The molecular formula is C29H43N5O3. The summed E-state index contributed by atoms with van der Waals surface area (Å²) in [5, 5.41) is 6.37. The first-order valence-corrected chi connectivity index (χ1v) is 14.1. The summed E-state index contributed by atoms with van der Waals surface area (Å²) >= 11 is 0. The molecule has 4 rings (SSSR count). The van der Waals surface area contributed by atoms with E-state index in [0.717, 1.165) is 31.3 Å². The second-order valence-corrected chi connectivity index (χ2v) is 11.3. The van der Waals surface area contributed by atoms with Crippen LogP contribution >= 0.6 is 0 Å². The zero-order valence-corrected chi connectivity index (χ0v) is 22.7. The Balaban J connectivity index is 1.61. The van der Waals surface area contributed by atoms with Gasteiger partial charge in [0.2, 0.25) is 11.8 Å². The first-order chi connectivity index (χ1) is 17.8. The number of rotatable bonds is 7. The molecule has 0 aromatic rings. The lowest BCUT2D eigenvalue weighted by atomic mass is 9.87. The second-order valence-electron chi connectivity index (χ2n) is 11.3. The second kappa shape index (κ2) is 12.2. The van der Waals surface area contributed by atoms with Crippen molar-refractivity contribution in [2.75, 3.05) is 32.7 Å². The third kappa shape index (κ3) is 6.04.